The summed E-state index contributed by atoms with van der Waals surface area (Å²) in [4.78, 5) is 18.2. The number of halogens is 3. The van der Waals surface area contributed by atoms with Crippen LogP contribution in [-0.2, 0) is 0 Å². The SMILES string of the molecule is Cc1cc(C)c2nc(-c3ccc(F)cc3)cc(C(=O)Nc3cc(Cl)c(Br)cc3C)c2c1. The topological polar surface area (TPSA) is 42.0 Å². The first-order valence-corrected chi connectivity index (χ1v) is 10.8. The molecule has 1 amide bonds. The lowest BCUT2D eigenvalue weighted by Gasteiger charge is -2.14. The van der Waals surface area contributed by atoms with Crippen LogP contribution in [0.3, 0.4) is 0 Å². The van der Waals surface area contributed by atoms with E-state index in [4.69, 9.17) is 16.6 Å². The summed E-state index contributed by atoms with van der Waals surface area (Å²) in [7, 11) is 0. The number of nitrogens with zero attached hydrogens (tertiary/aromatic N) is 1. The molecule has 0 fully saturated rings. The number of carbonyl (C=O) groups excluding carboxylic acids is 1. The van der Waals surface area contributed by atoms with Gasteiger partial charge in [0.05, 0.1) is 21.8 Å². The van der Waals surface area contributed by atoms with Crippen molar-refractivity contribution in [2.24, 2.45) is 0 Å². The Morgan fingerprint density at radius 3 is 2.42 bits per heavy atom. The average Bonchev–Trinajstić information content (AvgIpc) is 2.72. The van der Waals surface area contributed by atoms with Gasteiger partial charge in [0.2, 0.25) is 0 Å². The van der Waals surface area contributed by atoms with Gasteiger partial charge in [0, 0.05) is 21.1 Å². The Hall–Kier alpha value is -2.76. The van der Waals surface area contributed by atoms with Crippen LogP contribution in [0.25, 0.3) is 22.2 Å². The van der Waals surface area contributed by atoms with Crippen LogP contribution in [0.4, 0.5) is 10.1 Å². The third-order valence-corrected chi connectivity index (χ3v) is 6.35. The highest BCUT2D eigenvalue weighted by molar-refractivity contribution is 9.10. The van der Waals surface area contributed by atoms with Crippen LogP contribution < -0.4 is 5.32 Å². The molecule has 3 aromatic carbocycles. The average molecular weight is 498 g/mol. The maximum atomic E-state index is 13.4. The number of anilines is 1. The number of amides is 1. The van der Waals surface area contributed by atoms with E-state index in [0.29, 0.717) is 22.0 Å². The summed E-state index contributed by atoms with van der Waals surface area (Å²) in [5, 5.41) is 4.26. The van der Waals surface area contributed by atoms with Crippen molar-refractivity contribution in [3.63, 3.8) is 0 Å². The van der Waals surface area contributed by atoms with E-state index in [1.807, 2.05) is 39.0 Å². The van der Waals surface area contributed by atoms with E-state index in [2.05, 4.69) is 21.2 Å². The van der Waals surface area contributed by atoms with Crippen molar-refractivity contribution in [2.45, 2.75) is 20.8 Å². The molecule has 1 N–H and O–H groups in total. The first kappa shape index (κ1) is 21.5. The van der Waals surface area contributed by atoms with Gasteiger partial charge in [-0.25, -0.2) is 9.37 Å². The Balaban J connectivity index is 1.88. The molecule has 0 atom stereocenters. The predicted molar refractivity (Wildman–Crippen MR) is 128 cm³/mol. The summed E-state index contributed by atoms with van der Waals surface area (Å²) in [6.07, 6.45) is 0. The van der Waals surface area contributed by atoms with Gasteiger partial charge in [-0.1, -0.05) is 23.2 Å². The van der Waals surface area contributed by atoms with Crippen molar-refractivity contribution in [1.29, 1.82) is 0 Å². The second kappa shape index (κ2) is 8.40. The predicted octanol–water partition coefficient (Wildman–Crippen LogP) is 7.63. The molecule has 3 nitrogen and oxygen atoms in total. The Labute approximate surface area is 193 Å². The minimum Gasteiger partial charge on any atom is -0.322 e. The molecule has 0 bridgehead atoms. The fourth-order valence-corrected chi connectivity index (χ4v) is 4.23. The summed E-state index contributed by atoms with van der Waals surface area (Å²) < 4.78 is 14.2. The van der Waals surface area contributed by atoms with Crippen LogP contribution in [0.5, 0.6) is 0 Å². The maximum absolute atomic E-state index is 13.4. The second-order valence-corrected chi connectivity index (χ2v) is 8.84. The van der Waals surface area contributed by atoms with Gasteiger partial charge in [0.25, 0.3) is 5.91 Å². The third-order valence-electron chi connectivity index (χ3n) is 5.15. The summed E-state index contributed by atoms with van der Waals surface area (Å²) in [5.74, 6) is -0.584. The van der Waals surface area contributed by atoms with Crippen molar-refractivity contribution < 1.29 is 9.18 Å². The molecule has 4 aromatic rings. The molecule has 4 rings (SSSR count). The summed E-state index contributed by atoms with van der Waals surface area (Å²) in [5.41, 5.74) is 6.10. The van der Waals surface area contributed by atoms with Crippen LogP contribution in [0.1, 0.15) is 27.0 Å². The Bertz CT molecular complexity index is 1340. The summed E-state index contributed by atoms with van der Waals surface area (Å²) in [6, 6.07) is 15.4. The Kier molecular flexibility index (Phi) is 5.82. The van der Waals surface area contributed by atoms with E-state index < -0.39 is 0 Å². The zero-order valence-electron chi connectivity index (χ0n) is 17.2. The van der Waals surface area contributed by atoms with Crippen LogP contribution in [-0.4, -0.2) is 10.9 Å². The minimum absolute atomic E-state index is 0.262. The van der Waals surface area contributed by atoms with Gasteiger partial charge in [-0.2, -0.15) is 0 Å². The molecule has 156 valence electrons. The van der Waals surface area contributed by atoms with Gasteiger partial charge in [-0.15, -0.1) is 0 Å². The van der Waals surface area contributed by atoms with E-state index in [0.717, 1.165) is 37.6 Å². The van der Waals surface area contributed by atoms with Crippen LogP contribution in [0.15, 0.2) is 59.1 Å². The smallest absolute Gasteiger partial charge is 0.256 e. The number of pyridine rings is 1. The Morgan fingerprint density at radius 1 is 1.00 bits per heavy atom. The summed E-state index contributed by atoms with van der Waals surface area (Å²) >= 11 is 9.63. The third kappa shape index (κ3) is 4.34. The molecule has 0 spiro atoms. The van der Waals surface area contributed by atoms with E-state index in [-0.39, 0.29) is 11.7 Å². The highest BCUT2D eigenvalue weighted by atomic mass is 79.9. The highest BCUT2D eigenvalue weighted by Crippen LogP contribution is 2.31. The zero-order chi connectivity index (χ0) is 22.3. The van der Waals surface area contributed by atoms with Crippen molar-refractivity contribution in [2.75, 3.05) is 5.32 Å². The van der Waals surface area contributed by atoms with Crippen LogP contribution in [0.2, 0.25) is 5.02 Å². The van der Waals surface area contributed by atoms with Crippen molar-refractivity contribution >= 4 is 50.0 Å². The molecule has 0 unspecified atom stereocenters. The number of rotatable bonds is 3. The van der Waals surface area contributed by atoms with Gasteiger partial charge in [0.1, 0.15) is 5.82 Å². The van der Waals surface area contributed by atoms with Gasteiger partial charge < -0.3 is 5.32 Å². The number of aromatic nitrogens is 1. The van der Waals surface area contributed by atoms with E-state index >= 15 is 0 Å². The van der Waals surface area contributed by atoms with Gasteiger partial charge >= 0.3 is 0 Å². The zero-order valence-corrected chi connectivity index (χ0v) is 19.5. The van der Waals surface area contributed by atoms with Gasteiger partial charge in [0.15, 0.2) is 0 Å². The van der Waals surface area contributed by atoms with Crippen LogP contribution >= 0.6 is 27.5 Å². The lowest BCUT2D eigenvalue weighted by atomic mass is 9.99. The number of hydrogen-bond acceptors (Lipinski definition) is 2. The number of nitrogens with one attached hydrogen (secondary N) is 1. The quantitative estimate of drug-likeness (QED) is 0.316. The molecular weight excluding hydrogens is 479 g/mol. The Morgan fingerprint density at radius 2 is 1.71 bits per heavy atom. The van der Waals surface area contributed by atoms with E-state index in [1.54, 1.807) is 24.3 Å². The van der Waals surface area contributed by atoms with E-state index in [1.165, 1.54) is 12.1 Å². The first-order valence-electron chi connectivity index (χ1n) is 9.68. The van der Waals surface area contributed by atoms with Gasteiger partial charge in [-0.05, 0) is 96.4 Å². The molecule has 0 aliphatic heterocycles. The van der Waals surface area contributed by atoms with Crippen LogP contribution in [0, 0.1) is 26.6 Å². The van der Waals surface area contributed by atoms with Gasteiger partial charge in [-0.3, -0.25) is 4.79 Å². The molecule has 1 heterocycles. The standard InChI is InChI=1S/C25H19BrClFN2O/c1-13-8-15(3)24-18(9-13)19(11-23(29-24)16-4-6-17(28)7-5-16)25(31)30-22-12-21(27)20(26)10-14(22)2/h4-12H,1-3H3,(H,30,31). The number of fused-ring (bicyclic) bond motifs is 1. The van der Waals surface area contributed by atoms with Crippen molar-refractivity contribution in [3.05, 3.63) is 92.2 Å². The molecule has 6 heteroatoms. The van der Waals surface area contributed by atoms with E-state index in [9.17, 15) is 9.18 Å². The molecule has 0 saturated heterocycles. The second-order valence-electron chi connectivity index (χ2n) is 7.58. The fourth-order valence-electron chi connectivity index (χ4n) is 3.61. The summed E-state index contributed by atoms with van der Waals surface area (Å²) in [6.45, 7) is 5.86. The minimum atomic E-state index is -0.322. The molecule has 0 saturated carbocycles. The molecule has 31 heavy (non-hydrogen) atoms. The lowest BCUT2D eigenvalue weighted by Crippen LogP contribution is -2.14. The molecule has 0 aliphatic rings. The lowest BCUT2D eigenvalue weighted by molar-refractivity contribution is 0.102. The fraction of sp³-hybridized carbons (Fsp3) is 0.120. The maximum Gasteiger partial charge on any atom is 0.256 e. The molecule has 0 aliphatic carbocycles. The number of hydrogen-bond donors (Lipinski definition) is 1. The largest absolute Gasteiger partial charge is 0.322 e. The number of aryl methyl sites for hydroxylation is 3. The first-order chi connectivity index (χ1) is 14.7. The van der Waals surface area contributed by atoms with Crippen molar-refractivity contribution in [1.82, 2.24) is 4.98 Å². The number of benzene rings is 3. The normalized spacial score (nSPS) is 11.0. The van der Waals surface area contributed by atoms with Crippen molar-refractivity contribution in [3.8, 4) is 11.3 Å². The molecule has 1 aromatic heterocycles. The molecular formula is C25H19BrClFN2O. The molecule has 0 radical (unpaired) electrons. The highest BCUT2D eigenvalue weighted by Gasteiger charge is 2.17. The monoisotopic (exact) mass is 496 g/mol. The number of carbonyl (C=O) groups is 1.